The van der Waals surface area contributed by atoms with E-state index in [0.29, 0.717) is 39.7 Å². The fourth-order valence-corrected chi connectivity index (χ4v) is 6.82. The number of hydrogen-bond donors (Lipinski definition) is 4. The number of likely N-dealkylation sites (tertiary alicyclic amines) is 1. The second-order valence-corrected chi connectivity index (χ2v) is 15.6. The highest BCUT2D eigenvalue weighted by Crippen LogP contribution is 2.43. The van der Waals surface area contributed by atoms with Gasteiger partial charge in [0.05, 0.1) is 23.4 Å². The van der Waals surface area contributed by atoms with Gasteiger partial charge in [0.2, 0.25) is 5.91 Å². The molecule has 0 aromatic heterocycles. The third-order valence-electron chi connectivity index (χ3n) is 8.59. The minimum absolute atomic E-state index is 0.0282. The standard InChI is InChI=1S/C35H39ClFN5O4S/c1-34(2,3)47(46)41-35(16-15-22-7-8-22,24-6-4-5-23(17-24)20-38)25-9-14-29(37)30(18-25)40-32(44)31-19-28(43)21-42(31)33(45)39-27-12-10-26(36)11-13-27/h4-6,9-14,17-18,22,28,31,41,43H,7-8,15-16,19,21H2,1-3H3,(H,39,45)(H,40,44)/t28-,31-,35?,47-/m1/s1. The molecule has 3 aromatic rings. The Hall–Kier alpha value is -3.66. The number of hydrogen-bond acceptors (Lipinski definition) is 6. The van der Waals surface area contributed by atoms with Gasteiger partial charge in [-0.1, -0.05) is 42.6 Å². The Morgan fingerprint density at radius 3 is 2.45 bits per heavy atom. The summed E-state index contributed by atoms with van der Waals surface area (Å²) in [6.07, 6.45) is 2.53. The number of halogens is 2. The van der Waals surface area contributed by atoms with Crippen LogP contribution in [0.1, 0.15) is 69.6 Å². The molecule has 9 nitrogen and oxygen atoms in total. The predicted octanol–water partition coefficient (Wildman–Crippen LogP) is 6.44. The molecule has 3 aromatic carbocycles. The molecule has 0 radical (unpaired) electrons. The zero-order chi connectivity index (χ0) is 33.9. The molecule has 1 aliphatic carbocycles. The second-order valence-electron chi connectivity index (χ2n) is 13.2. The fourth-order valence-electron chi connectivity index (χ4n) is 5.73. The molecule has 1 saturated carbocycles. The van der Waals surface area contributed by atoms with Gasteiger partial charge >= 0.3 is 6.03 Å². The number of β-amino-alcohol motifs (C(OH)–C–C–N with tert-alkyl or cyclic N) is 1. The smallest absolute Gasteiger partial charge is 0.322 e. The van der Waals surface area contributed by atoms with Gasteiger partial charge < -0.3 is 25.2 Å². The molecular weight excluding hydrogens is 641 g/mol. The second kappa shape index (κ2) is 14.2. The Morgan fingerprint density at radius 1 is 1.09 bits per heavy atom. The molecule has 248 valence electrons. The number of nitrogens with zero attached hydrogens (tertiary/aromatic N) is 2. The SMILES string of the molecule is CC(C)(C)[S@@+]([O-])NC(CCC1CC1)(c1cccc(C#N)c1)c1ccc(F)c(NC(=O)[C@H]2C[C@@H](O)CN2C(=O)Nc2ccc(Cl)cc2)c1. The molecule has 2 aliphatic rings. The van der Waals surface area contributed by atoms with Crippen LogP contribution in [0.5, 0.6) is 0 Å². The summed E-state index contributed by atoms with van der Waals surface area (Å²) in [6.45, 7) is 5.49. The van der Waals surface area contributed by atoms with E-state index in [2.05, 4.69) is 21.4 Å². The zero-order valence-corrected chi connectivity index (χ0v) is 28.1. The number of carbonyl (C=O) groups excluding carboxylic acids is 2. The summed E-state index contributed by atoms with van der Waals surface area (Å²) >= 11 is 4.38. The molecule has 12 heteroatoms. The molecule has 1 saturated heterocycles. The monoisotopic (exact) mass is 679 g/mol. The van der Waals surface area contributed by atoms with Gasteiger partial charge in [0.25, 0.3) is 0 Å². The number of aliphatic hydroxyl groups excluding tert-OH is 1. The highest BCUT2D eigenvalue weighted by atomic mass is 35.5. The van der Waals surface area contributed by atoms with Crippen LogP contribution in [0.2, 0.25) is 5.02 Å². The molecule has 0 bridgehead atoms. The lowest BCUT2D eigenvalue weighted by Gasteiger charge is -2.39. The van der Waals surface area contributed by atoms with Crippen molar-refractivity contribution in [2.45, 2.75) is 75.3 Å². The lowest BCUT2D eigenvalue weighted by molar-refractivity contribution is -0.119. The number of aliphatic hydroxyl groups is 1. The van der Waals surface area contributed by atoms with Crippen molar-refractivity contribution in [3.63, 3.8) is 0 Å². The van der Waals surface area contributed by atoms with Crippen LogP contribution in [0.25, 0.3) is 0 Å². The van der Waals surface area contributed by atoms with Crippen LogP contribution in [0.4, 0.5) is 20.6 Å². The van der Waals surface area contributed by atoms with E-state index in [0.717, 1.165) is 19.3 Å². The molecule has 0 spiro atoms. The van der Waals surface area contributed by atoms with Gasteiger partial charge in [0.15, 0.2) is 0 Å². The van der Waals surface area contributed by atoms with Crippen molar-refractivity contribution >= 4 is 46.3 Å². The number of rotatable bonds is 10. The molecule has 1 unspecified atom stereocenters. The van der Waals surface area contributed by atoms with Crippen molar-refractivity contribution in [1.82, 2.24) is 9.62 Å². The van der Waals surface area contributed by atoms with Crippen LogP contribution < -0.4 is 15.4 Å². The third kappa shape index (κ3) is 8.26. The van der Waals surface area contributed by atoms with E-state index in [1.807, 2.05) is 26.8 Å². The van der Waals surface area contributed by atoms with Crippen molar-refractivity contribution in [3.05, 3.63) is 94.3 Å². The highest BCUT2D eigenvalue weighted by Gasteiger charge is 2.44. The normalized spacial score (nSPS) is 19.8. The van der Waals surface area contributed by atoms with Gasteiger partial charge in [-0.25, -0.2) is 9.18 Å². The molecule has 4 N–H and O–H groups in total. The van der Waals surface area contributed by atoms with E-state index in [4.69, 9.17) is 11.6 Å². The minimum atomic E-state index is -1.57. The summed E-state index contributed by atoms with van der Waals surface area (Å²) in [5.74, 6) is -0.849. The van der Waals surface area contributed by atoms with Crippen LogP contribution in [-0.4, -0.2) is 49.9 Å². The number of carbonyl (C=O) groups is 2. The van der Waals surface area contributed by atoms with E-state index < -0.39 is 51.5 Å². The first kappa shape index (κ1) is 34.7. The summed E-state index contributed by atoms with van der Waals surface area (Å²) in [6, 6.07) is 18.4. The van der Waals surface area contributed by atoms with Crippen molar-refractivity contribution in [1.29, 1.82) is 5.26 Å². The summed E-state index contributed by atoms with van der Waals surface area (Å²) in [7, 11) is 0. The minimum Gasteiger partial charge on any atom is -0.598 e. The van der Waals surface area contributed by atoms with Crippen molar-refractivity contribution in [3.8, 4) is 6.07 Å². The van der Waals surface area contributed by atoms with Gasteiger partial charge in [-0.3, -0.25) is 4.79 Å². The maximum absolute atomic E-state index is 15.5. The van der Waals surface area contributed by atoms with Crippen LogP contribution in [0, 0.1) is 23.1 Å². The average Bonchev–Trinajstić information content (AvgIpc) is 3.79. The quantitative estimate of drug-likeness (QED) is 0.182. The van der Waals surface area contributed by atoms with E-state index in [-0.39, 0.29) is 18.7 Å². The lowest BCUT2D eigenvalue weighted by atomic mass is 9.79. The number of nitrogens with one attached hydrogen (secondary N) is 3. The van der Waals surface area contributed by atoms with Gasteiger partial charge in [-0.15, -0.1) is 4.72 Å². The molecule has 4 atom stereocenters. The molecule has 1 heterocycles. The van der Waals surface area contributed by atoms with Gasteiger partial charge in [0.1, 0.15) is 22.1 Å². The van der Waals surface area contributed by atoms with Gasteiger partial charge in [0, 0.05) is 35.0 Å². The molecule has 3 amide bonds. The lowest BCUT2D eigenvalue weighted by Crippen LogP contribution is -2.52. The number of amides is 3. The Labute approximate surface area is 282 Å². The molecule has 2 fully saturated rings. The number of urea groups is 1. The van der Waals surface area contributed by atoms with Crippen LogP contribution in [0.3, 0.4) is 0 Å². The molecule has 1 aliphatic heterocycles. The van der Waals surface area contributed by atoms with E-state index in [1.54, 1.807) is 48.5 Å². The maximum Gasteiger partial charge on any atom is 0.322 e. The Bertz CT molecular complexity index is 1660. The van der Waals surface area contributed by atoms with E-state index >= 15 is 4.39 Å². The first-order chi connectivity index (χ1) is 22.3. The van der Waals surface area contributed by atoms with Crippen molar-refractivity contribution in [2.24, 2.45) is 5.92 Å². The van der Waals surface area contributed by atoms with Crippen molar-refractivity contribution in [2.75, 3.05) is 17.2 Å². The number of benzene rings is 3. The largest absolute Gasteiger partial charge is 0.598 e. The van der Waals surface area contributed by atoms with Gasteiger partial charge in [-0.2, -0.15) is 5.26 Å². The topological polar surface area (TPSA) is 141 Å². The fraction of sp³-hybridized carbons (Fsp3) is 0.400. The highest BCUT2D eigenvalue weighted by molar-refractivity contribution is 7.90. The predicted molar refractivity (Wildman–Crippen MR) is 182 cm³/mol. The third-order valence-corrected chi connectivity index (χ3v) is 10.5. The molecule has 5 rings (SSSR count). The average molecular weight is 680 g/mol. The van der Waals surface area contributed by atoms with Crippen LogP contribution >= 0.6 is 11.6 Å². The first-order valence-electron chi connectivity index (χ1n) is 15.6. The van der Waals surface area contributed by atoms with E-state index in [1.165, 1.54) is 17.0 Å². The summed E-state index contributed by atoms with van der Waals surface area (Å²) < 4.78 is 31.9. The van der Waals surface area contributed by atoms with Crippen LogP contribution in [0.15, 0.2) is 66.7 Å². The van der Waals surface area contributed by atoms with Gasteiger partial charge in [-0.05, 0) is 99.2 Å². The maximum atomic E-state index is 15.5. The summed E-state index contributed by atoms with van der Waals surface area (Å²) in [4.78, 5) is 28.0. The van der Waals surface area contributed by atoms with Crippen molar-refractivity contribution < 1.29 is 23.6 Å². The van der Waals surface area contributed by atoms with E-state index in [9.17, 15) is 24.5 Å². The Morgan fingerprint density at radius 2 is 1.79 bits per heavy atom. The first-order valence-corrected chi connectivity index (χ1v) is 17.1. The number of nitriles is 1. The summed E-state index contributed by atoms with van der Waals surface area (Å²) in [5.41, 5.74) is 0.932. The number of anilines is 2. The molecular formula is C35H39ClFN5O4S. The zero-order valence-electron chi connectivity index (χ0n) is 26.6. The Kier molecular flexibility index (Phi) is 10.5. The molecule has 47 heavy (non-hydrogen) atoms. The Balaban J connectivity index is 1.48. The summed E-state index contributed by atoms with van der Waals surface area (Å²) in [5, 5.41) is 26.0. The van der Waals surface area contributed by atoms with Crippen LogP contribution in [-0.2, 0) is 21.7 Å².